The second-order valence-electron chi connectivity index (χ2n) is 5.87. The van der Waals surface area contributed by atoms with E-state index >= 15 is 0 Å². The Labute approximate surface area is 124 Å². The van der Waals surface area contributed by atoms with Gasteiger partial charge < -0.3 is 15.4 Å². The Balaban J connectivity index is 1.54. The molecule has 0 amide bonds. The highest BCUT2D eigenvalue weighted by Gasteiger charge is 2.41. The van der Waals surface area contributed by atoms with Crippen molar-refractivity contribution in [3.63, 3.8) is 0 Å². The lowest BCUT2D eigenvalue weighted by Crippen LogP contribution is -2.47. The van der Waals surface area contributed by atoms with Crippen LogP contribution in [0.3, 0.4) is 0 Å². The van der Waals surface area contributed by atoms with E-state index in [1.165, 1.54) is 6.42 Å². The molecule has 1 aromatic carbocycles. The molecule has 2 N–H and O–H groups in total. The second kappa shape index (κ2) is 6.02. The molecule has 4 nitrogen and oxygen atoms in total. The van der Waals surface area contributed by atoms with Crippen LogP contribution in [0.1, 0.15) is 30.4 Å². The fourth-order valence-electron chi connectivity index (χ4n) is 3.09. The van der Waals surface area contributed by atoms with Gasteiger partial charge in [0, 0.05) is 13.6 Å². The number of nitrogens with zero attached hydrogens (tertiary/aromatic N) is 1. The number of guanidine groups is 1. The molecule has 3 unspecified atom stereocenters. The standard InChI is InChI=1S/C16H22FN3O/c1-10-3-4-11(7-13(10)17)9-19-16(18-2)20-14-8-12-5-6-15(14)21-12/h3-4,7,12,14-15H,5-6,8-9H2,1-2H3,(H2,18,19,20). The maximum absolute atomic E-state index is 13.5. The first-order valence-corrected chi connectivity index (χ1v) is 7.53. The number of hydrogen-bond donors (Lipinski definition) is 2. The van der Waals surface area contributed by atoms with Crippen molar-refractivity contribution < 1.29 is 9.13 Å². The fraction of sp³-hybridized carbons (Fsp3) is 0.562. The number of nitrogens with one attached hydrogen (secondary N) is 2. The van der Waals surface area contributed by atoms with Gasteiger partial charge in [-0.2, -0.15) is 0 Å². The van der Waals surface area contributed by atoms with Crippen LogP contribution in [-0.4, -0.2) is 31.3 Å². The molecular formula is C16H22FN3O. The van der Waals surface area contributed by atoms with Gasteiger partial charge >= 0.3 is 0 Å². The third kappa shape index (κ3) is 3.18. The monoisotopic (exact) mass is 291 g/mol. The first-order valence-electron chi connectivity index (χ1n) is 7.53. The van der Waals surface area contributed by atoms with Gasteiger partial charge in [0.05, 0.1) is 18.2 Å². The number of aliphatic imine (C=N–C) groups is 1. The van der Waals surface area contributed by atoms with Gasteiger partial charge in [-0.3, -0.25) is 4.99 Å². The zero-order valence-corrected chi connectivity index (χ0v) is 12.5. The van der Waals surface area contributed by atoms with E-state index in [9.17, 15) is 4.39 Å². The topological polar surface area (TPSA) is 45.7 Å². The number of fused-ring (bicyclic) bond motifs is 2. The molecule has 0 aromatic heterocycles. The molecule has 114 valence electrons. The maximum Gasteiger partial charge on any atom is 0.191 e. The molecule has 2 heterocycles. The van der Waals surface area contributed by atoms with E-state index < -0.39 is 0 Å². The molecule has 2 saturated heterocycles. The fourth-order valence-corrected chi connectivity index (χ4v) is 3.09. The Kier molecular flexibility index (Phi) is 4.10. The minimum Gasteiger partial charge on any atom is -0.373 e. The number of benzene rings is 1. The van der Waals surface area contributed by atoms with Gasteiger partial charge in [-0.15, -0.1) is 0 Å². The summed E-state index contributed by atoms with van der Waals surface area (Å²) in [7, 11) is 1.75. The Morgan fingerprint density at radius 2 is 2.29 bits per heavy atom. The summed E-state index contributed by atoms with van der Waals surface area (Å²) in [5.41, 5.74) is 1.57. The van der Waals surface area contributed by atoms with Crippen LogP contribution >= 0.6 is 0 Å². The average Bonchev–Trinajstić information content (AvgIpc) is 3.09. The number of halogens is 1. The molecule has 21 heavy (non-hydrogen) atoms. The molecule has 2 bridgehead atoms. The van der Waals surface area contributed by atoms with Crippen molar-refractivity contribution in [1.29, 1.82) is 0 Å². The van der Waals surface area contributed by atoms with Crippen LogP contribution in [0.4, 0.5) is 4.39 Å². The highest BCUT2D eigenvalue weighted by atomic mass is 19.1. The minimum absolute atomic E-state index is 0.168. The van der Waals surface area contributed by atoms with Gasteiger partial charge in [0.15, 0.2) is 5.96 Å². The highest BCUT2D eigenvalue weighted by molar-refractivity contribution is 5.80. The molecular weight excluding hydrogens is 269 g/mol. The van der Waals surface area contributed by atoms with E-state index in [-0.39, 0.29) is 5.82 Å². The Bertz CT molecular complexity index is 546. The van der Waals surface area contributed by atoms with E-state index in [0.717, 1.165) is 24.4 Å². The number of aryl methyl sites for hydroxylation is 1. The molecule has 1 aromatic rings. The van der Waals surface area contributed by atoms with Crippen LogP contribution in [-0.2, 0) is 11.3 Å². The van der Waals surface area contributed by atoms with Gasteiger partial charge in [0.25, 0.3) is 0 Å². The largest absolute Gasteiger partial charge is 0.373 e. The first-order chi connectivity index (χ1) is 10.2. The summed E-state index contributed by atoms with van der Waals surface area (Å²) in [5, 5.41) is 6.65. The molecule has 0 spiro atoms. The summed E-state index contributed by atoms with van der Waals surface area (Å²) in [5.74, 6) is 0.580. The smallest absolute Gasteiger partial charge is 0.191 e. The van der Waals surface area contributed by atoms with Crippen LogP contribution < -0.4 is 10.6 Å². The molecule has 2 aliphatic heterocycles. The summed E-state index contributed by atoms with van der Waals surface area (Å²) < 4.78 is 19.4. The predicted octanol–water partition coefficient (Wildman–Crippen LogP) is 2.12. The van der Waals surface area contributed by atoms with Crippen LogP contribution in [0.2, 0.25) is 0 Å². The lowest BCUT2D eigenvalue weighted by Gasteiger charge is -2.22. The van der Waals surface area contributed by atoms with Gasteiger partial charge in [0.1, 0.15) is 5.82 Å². The molecule has 0 radical (unpaired) electrons. The van der Waals surface area contributed by atoms with Crippen molar-refractivity contribution in [2.24, 2.45) is 4.99 Å². The quantitative estimate of drug-likeness (QED) is 0.662. The summed E-state index contributed by atoms with van der Waals surface area (Å²) in [6, 6.07) is 5.63. The van der Waals surface area contributed by atoms with Crippen LogP contribution in [0.15, 0.2) is 23.2 Å². The second-order valence-corrected chi connectivity index (χ2v) is 5.87. The van der Waals surface area contributed by atoms with E-state index in [4.69, 9.17) is 4.74 Å². The lowest BCUT2D eigenvalue weighted by molar-refractivity contribution is 0.0992. The predicted molar refractivity (Wildman–Crippen MR) is 80.8 cm³/mol. The molecule has 2 fully saturated rings. The van der Waals surface area contributed by atoms with Gasteiger partial charge in [-0.25, -0.2) is 4.39 Å². The van der Waals surface area contributed by atoms with Crippen molar-refractivity contribution in [2.75, 3.05) is 7.05 Å². The normalized spacial score (nSPS) is 28.0. The van der Waals surface area contributed by atoms with Crippen LogP contribution in [0, 0.1) is 12.7 Å². The van der Waals surface area contributed by atoms with E-state index in [0.29, 0.717) is 30.4 Å². The highest BCUT2D eigenvalue weighted by Crippen LogP contribution is 2.34. The van der Waals surface area contributed by atoms with Crippen molar-refractivity contribution in [3.8, 4) is 0 Å². The zero-order chi connectivity index (χ0) is 14.8. The summed E-state index contributed by atoms with van der Waals surface area (Å²) in [4.78, 5) is 4.24. The van der Waals surface area contributed by atoms with Crippen molar-refractivity contribution in [2.45, 2.75) is 51.0 Å². The van der Waals surface area contributed by atoms with Gasteiger partial charge in [0.2, 0.25) is 0 Å². The SMILES string of the molecule is CN=C(NCc1ccc(C)c(F)c1)NC1CC2CCC1O2. The summed E-state index contributed by atoms with van der Waals surface area (Å²) in [6.07, 6.45) is 4.08. The molecule has 0 saturated carbocycles. The van der Waals surface area contributed by atoms with Crippen molar-refractivity contribution in [1.82, 2.24) is 10.6 Å². The lowest BCUT2D eigenvalue weighted by atomic mass is 9.96. The van der Waals surface area contributed by atoms with Crippen LogP contribution in [0.25, 0.3) is 0 Å². The Hall–Kier alpha value is -1.62. The third-order valence-electron chi connectivity index (χ3n) is 4.35. The zero-order valence-electron chi connectivity index (χ0n) is 12.5. The first kappa shape index (κ1) is 14.3. The third-order valence-corrected chi connectivity index (χ3v) is 4.35. The number of ether oxygens (including phenoxy) is 1. The Morgan fingerprint density at radius 1 is 1.43 bits per heavy atom. The minimum atomic E-state index is -0.168. The summed E-state index contributed by atoms with van der Waals surface area (Å²) in [6.45, 7) is 2.32. The van der Waals surface area contributed by atoms with Crippen molar-refractivity contribution in [3.05, 3.63) is 35.1 Å². The maximum atomic E-state index is 13.5. The number of rotatable bonds is 3. The molecule has 2 aliphatic rings. The molecule has 0 aliphatic carbocycles. The van der Waals surface area contributed by atoms with Crippen molar-refractivity contribution >= 4 is 5.96 Å². The van der Waals surface area contributed by atoms with Crippen LogP contribution in [0.5, 0.6) is 0 Å². The van der Waals surface area contributed by atoms with Gasteiger partial charge in [-0.1, -0.05) is 12.1 Å². The van der Waals surface area contributed by atoms with E-state index in [2.05, 4.69) is 15.6 Å². The Morgan fingerprint density at radius 3 is 2.90 bits per heavy atom. The number of hydrogen-bond acceptors (Lipinski definition) is 2. The van der Waals surface area contributed by atoms with E-state index in [1.54, 1.807) is 26.1 Å². The van der Waals surface area contributed by atoms with Gasteiger partial charge in [-0.05, 0) is 43.4 Å². The summed E-state index contributed by atoms with van der Waals surface area (Å²) >= 11 is 0. The van der Waals surface area contributed by atoms with E-state index in [1.807, 2.05) is 6.07 Å². The molecule has 3 atom stereocenters. The molecule has 3 rings (SSSR count). The average molecular weight is 291 g/mol. The molecule has 5 heteroatoms.